The molecule has 5 nitrogen and oxygen atoms in total. The van der Waals surface area contributed by atoms with Crippen molar-refractivity contribution in [1.29, 1.82) is 0 Å². The lowest BCUT2D eigenvalue weighted by atomic mass is 9.96. The van der Waals surface area contributed by atoms with Gasteiger partial charge in [-0.1, -0.05) is 48.5 Å². The summed E-state index contributed by atoms with van der Waals surface area (Å²) in [5, 5.41) is 12.1. The Balaban J connectivity index is 1.65. The Bertz CT molecular complexity index is 800. The summed E-state index contributed by atoms with van der Waals surface area (Å²) in [6, 6.07) is 19.3. The van der Waals surface area contributed by atoms with Crippen molar-refractivity contribution in [2.75, 3.05) is 13.2 Å². The second-order valence-electron chi connectivity index (χ2n) is 5.73. The molecule has 0 spiro atoms. The number of carbonyl (C=O) groups is 1. The average molecular weight is 336 g/mol. The fraction of sp³-hybridized carbons (Fsp3) is 0.200. The van der Waals surface area contributed by atoms with E-state index in [1.54, 1.807) is 0 Å². The number of aromatic nitrogens is 1. The number of hydrogen-bond acceptors (Lipinski definition) is 4. The normalized spacial score (nSPS) is 11.9. The first kappa shape index (κ1) is 16.9. The maximum Gasteiger partial charge on any atom is 0.273 e. The molecule has 1 unspecified atom stereocenters. The molecule has 3 aromatic rings. The van der Waals surface area contributed by atoms with E-state index >= 15 is 0 Å². The van der Waals surface area contributed by atoms with Crippen LogP contribution in [0.15, 0.2) is 71.3 Å². The lowest BCUT2D eigenvalue weighted by Crippen LogP contribution is -2.29. The first-order valence-electron chi connectivity index (χ1n) is 8.23. The molecule has 1 aromatic heterocycles. The van der Waals surface area contributed by atoms with E-state index < -0.39 is 0 Å². The fourth-order valence-electron chi connectivity index (χ4n) is 2.67. The Kier molecular flexibility index (Phi) is 5.59. The maximum atomic E-state index is 12.3. The molecule has 2 N–H and O–H groups in total. The summed E-state index contributed by atoms with van der Waals surface area (Å²) in [6.07, 6.45) is 1.94. The van der Waals surface area contributed by atoms with Crippen molar-refractivity contribution in [2.45, 2.75) is 12.3 Å². The minimum absolute atomic E-state index is 0.0515. The van der Waals surface area contributed by atoms with Gasteiger partial charge < -0.3 is 14.8 Å². The molecule has 0 aliphatic rings. The lowest BCUT2D eigenvalue weighted by molar-refractivity contribution is 0.0944. The molecule has 0 fully saturated rings. The van der Waals surface area contributed by atoms with Gasteiger partial charge in [0.1, 0.15) is 6.26 Å². The molecule has 1 atom stereocenters. The average Bonchev–Trinajstić information content (AvgIpc) is 3.16. The molecule has 25 heavy (non-hydrogen) atoms. The van der Waals surface area contributed by atoms with Crippen molar-refractivity contribution in [2.24, 2.45) is 0 Å². The van der Waals surface area contributed by atoms with Crippen LogP contribution >= 0.6 is 0 Å². The van der Waals surface area contributed by atoms with Crippen molar-refractivity contribution in [1.82, 2.24) is 10.3 Å². The first-order valence-corrected chi connectivity index (χ1v) is 8.23. The zero-order valence-electron chi connectivity index (χ0n) is 13.8. The maximum absolute atomic E-state index is 12.3. The van der Waals surface area contributed by atoms with E-state index in [-0.39, 0.29) is 24.1 Å². The second kappa shape index (κ2) is 8.26. The van der Waals surface area contributed by atoms with Gasteiger partial charge in [0.25, 0.3) is 5.91 Å². The van der Waals surface area contributed by atoms with E-state index in [0.717, 1.165) is 11.1 Å². The van der Waals surface area contributed by atoms with Crippen LogP contribution in [0.5, 0.6) is 0 Å². The van der Waals surface area contributed by atoms with E-state index in [2.05, 4.69) is 10.3 Å². The van der Waals surface area contributed by atoms with Crippen LogP contribution in [-0.4, -0.2) is 29.1 Å². The molecule has 128 valence electrons. The Labute approximate surface area is 146 Å². The molecule has 5 heteroatoms. The summed E-state index contributed by atoms with van der Waals surface area (Å²) in [5.74, 6) is 0.182. The molecule has 0 aliphatic carbocycles. The highest BCUT2D eigenvalue weighted by molar-refractivity contribution is 5.92. The zero-order valence-corrected chi connectivity index (χ0v) is 13.8. The fourth-order valence-corrected chi connectivity index (χ4v) is 2.67. The Morgan fingerprint density at radius 2 is 1.76 bits per heavy atom. The predicted molar refractivity (Wildman–Crippen MR) is 95.2 cm³/mol. The smallest absolute Gasteiger partial charge is 0.273 e. The number of benzene rings is 2. The Morgan fingerprint density at radius 1 is 1.08 bits per heavy atom. The predicted octanol–water partition coefficient (Wildman–Crippen LogP) is 3.24. The molecule has 0 radical (unpaired) electrons. The van der Waals surface area contributed by atoms with Crippen LogP contribution in [0.25, 0.3) is 11.5 Å². The van der Waals surface area contributed by atoms with Crippen LogP contribution in [0, 0.1) is 0 Å². The van der Waals surface area contributed by atoms with Gasteiger partial charge >= 0.3 is 0 Å². The number of nitrogens with one attached hydrogen (secondary N) is 1. The number of amides is 1. The van der Waals surface area contributed by atoms with E-state index in [0.29, 0.717) is 18.9 Å². The van der Waals surface area contributed by atoms with Gasteiger partial charge in [-0.15, -0.1) is 0 Å². The largest absolute Gasteiger partial charge is 0.444 e. The molecule has 1 amide bonds. The third-order valence-corrected chi connectivity index (χ3v) is 4.02. The van der Waals surface area contributed by atoms with Crippen molar-refractivity contribution in [3.63, 3.8) is 0 Å². The number of nitrogens with zero attached hydrogens (tertiary/aromatic N) is 1. The summed E-state index contributed by atoms with van der Waals surface area (Å²) >= 11 is 0. The quantitative estimate of drug-likeness (QED) is 0.694. The molecule has 0 bridgehead atoms. The topological polar surface area (TPSA) is 75.4 Å². The van der Waals surface area contributed by atoms with Gasteiger partial charge in [0.2, 0.25) is 5.89 Å². The molecule has 0 saturated heterocycles. The van der Waals surface area contributed by atoms with Gasteiger partial charge in [-0.2, -0.15) is 0 Å². The molecular weight excluding hydrogens is 316 g/mol. The number of oxazole rings is 1. The van der Waals surface area contributed by atoms with Crippen LogP contribution in [0.3, 0.4) is 0 Å². The van der Waals surface area contributed by atoms with Crippen LogP contribution in [0.1, 0.15) is 28.4 Å². The summed E-state index contributed by atoms with van der Waals surface area (Å²) < 4.78 is 5.40. The standard InChI is InChI=1S/C20H20N2O3/c23-12-11-17(15-7-3-1-4-8-15)13-21-19(24)18-14-25-20(22-18)16-9-5-2-6-10-16/h1-10,14,17,23H,11-13H2,(H,21,24). The van der Waals surface area contributed by atoms with Crippen LogP contribution < -0.4 is 5.32 Å². The van der Waals surface area contributed by atoms with Crippen LogP contribution in [-0.2, 0) is 0 Å². The van der Waals surface area contributed by atoms with Crippen LogP contribution in [0.2, 0.25) is 0 Å². The highest BCUT2D eigenvalue weighted by atomic mass is 16.3. The minimum Gasteiger partial charge on any atom is -0.444 e. The number of hydrogen-bond donors (Lipinski definition) is 2. The summed E-state index contributed by atoms with van der Waals surface area (Å²) in [6.45, 7) is 0.495. The summed E-state index contributed by atoms with van der Waals surface area (Å²) in [4.78, 5) is 16.6. The molecule has 0 saturated carbocycles. The van der Waals surface area contributed by atoms with Gasteiger partial charge in [-0.05, 0) is 24.1 Å². The third kappa shape index (κ3) is 4.33. The number of carbonyl (C=O) groups excluding carboxylic acids is 1. The minimum atomic E-state index is -0.287. The lowest BCUT2D eigenvalue weighted by Gasteiger charge is -2.16. The van der Waals surface area contributed by atoms with Crippen molar-refractivity contribution in [3.8, 4) is 11.5 Å². The first-order chi connectivity index (χ1) is 12.3. The van der Waals surface area contributed by atoms with Crippen molar-refractivity contribution in [3.05, 3.63) is 78.2 Å². The van der Waals surface area contributed by atoms with Gasteiger partial charge in [-0.25, -0.2) is 4.98 Å². The van der Waals surface area contributed by atoms with Gasteiger partial charge in [0, 0.05) is 24.6 Å². The van der Waals surface area contributed by atoms with Crippen molar-refractivity contribution < 1.29 is 14.3 Å². The Hall–Kier alpha value is -2.92. The SMILES string of the molecule is O=C(NCC(CCO)c1ccccc1)c1coc(-c2ccccc2)n1. The number of aliphatic hydroxyl groups excluding tert-OH is 1. The molecule has 1 heterocycles. The zero-order chi connectivity index (χ0) is 17.5. The molecule has 3 rings (SSSR count). The van der Waals surface area contributed by atoms with E-state index in [4.69, 9.17) is 4.42 Å². The summed E-state index contributed by atoms with van der Waals surface area (Å²) in [5.41, 5.74) is 2.15. The van der Waals surface area contributed by atoms with Crippen LogP contribution in [0.4, 0.5) is 0 Å². The number of rotatable bonds is 7. The highest BCUT2D eigenvalue weighted by Gasteiger charge is 2.16. The van der Waals surface area contributed by atoms with Gasteiger partial charge in [0.15, 0.2) is 5.69 Å². The molecule has 0 aliphatic heterocycles. The van der Waals surface area contributed by atoms with E-state index in [1.165, 1.54) is 6.26 Å². The molecular formula is C20H20N2O3. The van der Waals surface area contributed by atoms with Crippen molar-refractivity contribution >= 4 is 5.91 Å². The van der Waals surface area contributed by atoms with E-state index in [1.807, 2.05) is 60.7 Å². The highest BCUT2D eigenvalue weighted by Crippen LogP contribution is 2.20. The molecule has 2 aromatic carbocycles. The van der Waals surface area contributed by atoms with Gasteiger partial charge in [-0.3, -0.25) is 4.79 Å². The van der Waals surface area contributed by atoms with E-state index in [9.17, 15) is 9.90 Å². The Morgan fingerprint density at radius 3 is 2.44 bits per heavy atom. The second-order valence-corrected chi connectivity index (χ2v) is 5.73. The summed E-state index contributed by atoms with van der Waals surface area (Å²) in [7, 11) is 0. The van der Waals surface area contributed by atoms with Gasteiger partial charge in [0.05, 0.1) is 0 Å². The number of aliphatic hydroxyl groups is 1. The third-order valence-electron chi connectivity index (χ3n) is 4.02. The monoisotopic (exact) mass is 336 g/mol.